The van der Waals surface area contributed by atoms with Gasteiger partial charge in [0.05, 0.1) is 0 Å². The first-order valence-corrected chi connectivity index (χ1v) is 10.8. The monoisotopic (exact) mass is 464 g/mol. The third-order valence-corrected chi connectivity index (χ3v) is 6.40. The van der Waals surface area contributed by atoms with Crippen LogP contribution in [0.25, 0.3) is 0 Å². The van der Waals surface area contributed by atoms with E-state index in [0.717, 1.165) is 0 Å². The number of thiazole rings is 1. The molecule has 0 radical (unpaired) electrons. The van der Waals surface area contributed by atoms with E-state index in [-0.39, 0.29) is 11.7 Å². The molecule has 1 saturated heterocycles. The SMILES string of the molecule is O=C(O)c1csc(SCCN2C(=S)OC[C@@H]2COc2cc(Cl)cc(Cl)c2)n1. The molecule has 6 nitrogen and oxygen atoms in total. The summed E-state index contributed by atoms with van der Waals surface area (Å²) < 4.78 is 12.0. The zero-order chi connectivity index (χ0) is 19.4. The Hall–Kier alpha value is -1.26. The number of nitrogens with zero attached hydrogens (tertiary/aromatic N) is 2. The normalized spacial score (nSPS) is 16.4. The molecule has 1 N–H and O–H groups in total. The van der Waals surface area contributed by atoms with Crippen molar-refractivity contribution in [2.75, 3.05) is 25.5 Å². The molecule has 0 spiro atoms. The Balaban J connectivity index is 1.51. The van der Waals surface area contributed by atoms with Crippen molar-refractivity contribution in [2.24, 2.45) is 0 Å². The number of carbonyl (C=O) groups is 1. The number of thioether (sulfide) groups is 1. The van der Waals surface area contributed by atoms with E-state index >= 15 is 0 Å². The van der Waals surface area contributed by atoms with E-state index in [4.69, 9.17) is 50.0 Å². The number of hydrogen-bond acceptors (Lipinski definition) is 7. The highest BCUT2D eigenvalue weighted by Crippen LogP contribution is 2.26. The fourth-order valence-electron chi connectivity index (χ4n) is 2.36. The summed E-state index contributed by atoms with van der Waals surface area (Å²) in [5.74, 6) is 0.254. The Morgan fingerprint density at radius 3 is 2.85 bits per heavy atom. The maximum atomic E-state index is 10.9. The van der Waals surface area contributed by atoms with Crippen LogP contribution in [0.5, 0.6) is 5.75 Å². The molecule has 0 bridgehead atoms. The molecule has 0 amide bonds. The molecule has 1 aliphatic heterocycles. The molecule has 144 valence electrons. The number of rotatable bonds is 8. The highest BCUT2D eigenvalue weighted by molar-refractivity contribution is 8.01. The second-order valence-electron chi connectivity index (χ2n) is 5.49. The number of carboxylic acids is 1. The summed E-state index contributed by atoms with van der Waals surface area (Å²) in [5, 5.41) is 11.9. The van der Waals surface area contributed by atoms with Crippen LogP contribution in [0.1, 0.15) is 10.5 Å². The fraction of sp³-hybridized carbons (Fsp3) is 0.312. The topological polar surface area (TPSA) is 71.9 Å². The molecule has 27 heavy (non-hydrogen) atoms. The standard InChI is InChI=1S/C16H14Cl2N2O4S3/c17-9-3-10(18)5-12(4-9)23-6-11-7-24-16(25)20(11)1-2-26-15-19-13(8-27-15)14(21)22/h3-5,8,11H,1-2,6-7H2,(H,21,22)/t11-/m0/s1. The van der Waals surface area contributed by atoms with Crippen molar-refractivity contribution in [3.8, 4) is 5.75 Å². The van der Waals surface area contributed by atoms with Gasteiger partial charge in [-0.1, -0.05) is 35.0 Å². The largest absolute Gasteiger partial charge is 0.491 e. The number of ether oxygens (including phenoxy) is 2. The number of aromatic nitrogens is 1. The van der Waals surface area contributed by atoms with Crippen LogP contribution in [-0.2, 0) is 4.74 Å². The third kappa shape index (κ3) is 5.61. The van der Waals surface area contributed by atoms with Gasteiger partial charge in [0, 0.05) is 27.7 Å². The van der Waals surface area contributed by atoms with Crippen LogP contribution in [0.2, 0.25) is 10.0 Å². The summed E-state index contributed by atoms with van der Waals surface area (Å²) in [6.45, 7) is 1.45. The van der Waals surface area contributed by atoms with Crippen LogP contribution in [0.4, 0.5) is 0 Å². The van der Waals surface area contributed by atoms with E-state index in [2.05, 4.69) is 4.98 Å². The lowest BCUT2D eigenvalue weighted by Gasteiger charge is -2.22. The van der Waals surface area contributed by atoms with Crippen LogP contribution >= 0.6 is 58.5 Å². The van der Waals surface area contributed by atoms with Crippen LogP contribution in [0.15, 0.2) is 27.9 Å². The Morgan fingerprint density at radius 1 is 1.44 bits per heavy atom. The minimum atomic E-state index is -1.02. The van der Waals surface area contributed by atoms with Gasteiger partial charge < -0.3 is 19.5 Å². The van der Waals surface area contributed by atoms with Crippen molar-refractivity contribution in [1.29, 1.82) is 0 Å². The van der Waals surface area contributed by atoms with Crippen molar-refractivity contribution in [2.45, 2.75) is 10.4 Å². The molecule has 0 saturated carbocycles. The van der Waals surface area contributed by atoms with E-state index in [1.165, 1.54) is 28.5 Å². The highest BCUT2D eigenvalue weighted by atomic mass is 35.5. The van der Waals surface area contributed by atoms with Crippen molar-refractivity contribution >= 4 is 69.7 Å². The summed E-state index contributed by atoms with van der Waals surface area (Å²) >= 11 is 20.0. The lowest BCUT2D eigenvalue weighted by Crippen LogP contribution is -2.39. The zero-order valence-corrected chi connectivity index (χ0v) is 17.7. The van der Waals surface area contributed by atoms with Gasteiger partial charge in [0.2, 0.25) is 0 Å². The van der Waals surface area contributed by atoms with Crippen LogP contribution in [0.3, 0.4) is 0 Å². The van der Waals surface area contributed by atoms with E-state index in [9.17, 15) is 4.79 Å². The molecule has 0 unspecified atom stereocenters. The average molecular weight is 465 g/mol. The molecular weight excluding hydrogens is 451 g/mol. The van der Waals surface area contributed by atoms with Crippen LogP contribution < -0.4 is 4.74 Å². The molecule has 1 aliphatic rings. The van der Waals surface area contributed by atoms with Crippen molar-refractivity contribution < 1.29 is 19.4 Å². The molecule has 2 heterocycles. The minimum Gasteiger partial charge on any atom is -0.491 e. The van der Waals surface area contributed by atoms with Gasteiger partial charge in [-0.25, -0.2) is 9.78 Å². The summed E-state index contributed by atoms with van der Waals surface area (Å²) in [6.07, 6.45) is 0. The van der Waals surface area contributed by atoms with E-state index in [1.54, 1.807) is 18.2 Å². The number of carboxylic acid groups (broad SMARTS) is 1. The average Bonchev–Trinajstić information content (AvgIpc) is 3.20. The molecule has 1 atom stereocenters. The number of thiocarbonyl (C=S) groups is 1. The van der Waals surface area contributed by atoms with E-state index in [0.29, 0.717) is 50.8 Å². The van der Waals surface area contributed by atoms with E-state index < -0.39 is 5.97 Å². The smallest absolute Gasteiger partial charge is 0.355 e. The fourth-order valence-corrected chi connectivity index (χ4v) is 4.98. The van der Waals surface area contributed by atoms with Gasteiger partial charge in [0.25, 0.3) is 5.17 Å². The summed E-state index contributed by atoms with van der Waals surface area (Å²) in [7, 11) is 0. The molecule has 3 rings (SSSR count). The molecule has 1 fully saturated rings. The number of benzene rings is 1. The Bertz CT molecular complexity index is 829. The lowest BCUT2D eigenvalue weighted by molar-refractivity contribution is 0.0691. The van der Waals surface area contributed by atoms with Gasteiger partial charge >= 0.3 is 5.97 Å². The predicted octanol–water partition coefficient (Wildman–Crippen LogP) is 4.30. The summed E-state index contributed by atoms with van der Waals surface area (Å²) in [5.41, 5.74) is 0.0639. The molecule has 11 heteroatoms. The van der Waals surface area contributed by atoms with Gasteiger partial charge in [-0.05, 0) is 30.4 Å². The van der Waals surface area contributed by atoms with Gasteiger partial charge in [0.15, 0.2) is 10.0 Å². The predicted molar refractivity (Wildman–Crippen MR) is 111 cm³/mol. The Labute approximate surface area is 179 Å². The first-order valence-electron chi connectivity index (χ1n) is 7.76. The maximum Gasteiger partial charge on any atom is 0.355 e. The van der Waals surface area contributed by atoms with Crippen molar-refractivity contribution in [3.63, 3.8) is 0 Å². The van der Waals surface area contributed by atoms with Gasteiger partial charge in [-0.15, -0.1) is 11.3 Å². The Kier molecular flexibility index (Phi) is 7.04. The molecule has 1 aromatic carbocycles. The van der Waals surface area contributed by atoms with Crippen molar-refractivity contribution in [3.05, 3.63) is 39.3 Å². The molecule has 1 aromatic heterocycles. The molecule has 0 aliphatic carbocycles. The van der Waals surface area contributed by atoms with Gasteiger partial charge in [0.1, 0.15) is 25.0 Å². The first-order chi connectivity index (χ1) is 12.9. The first kappa shape index (κ1) is 20.5. The summed E-state index contributed by atoms with van der Waals surface area (Å²) in [4.78, 5) is 16.9. The number of halogens is 2. The Morgan fingerprint density at radius 2 is 2.19 bits per heavy atom. The molecule has 2 aromatic rings. The molecular formula is C16H14Cl2N2O4S3. The second kappa shape index (κ2) is 9.29. The van der Waals surface area contributed by atoms with E-state index in [1.807, 2.05) is 4.90 Å². The zero-order valence-electron chi connectivity index (χ0n) is 13.8. The van der Waals surface area contributed by atoms with Gasteiger partial charge in [-0.3, -0.25) is 0 Å². The third-order valence-electron chi connectivity index (χ3n) is 3.61. The lowest BCUT2D eigenvalue weighted by atomic mass is 10.3. The van der Waals surface area contributed by atoms with Gasteiger partial charge in [-0.2, -0.15) is 0 Å². The van der Waals surface area contributed by atoms with Crippen LogP contribution in [-0.4, -0.2) is 57.7 Å². The quantitative estimate of drug-likeness (QED) is 0.457. The highest BCUT2D eigenvalue weighted by Gasteiger charge is 2.30. The second-order valence-corrected chi connectivity index (χ2v) is 8.91. The maximum absolute atomic E-state index is 10.9. The summed E-state index contributed by atoms with van der Waals surface area (Å²) in [6, 6.07) is 5.01. The van der Waals surface area contributed by atoms with Crippen molar-refractivity contribution in [1.82, 2.24) is 9.88 Å². The number of aromatic carboxylic acids is 1. The number of hydrogen-bond donors (Lipinski definition) is 1. The minimum absolute atomic E-state index is 0.0262. The van der Waals surface area contributed by atoms with Crippen LogP contribution in [0, 0.1) is 0 Å².